The Bertz CT molecular complexity index is 2180. The molecule has 3 aliphatic rings. The normalized spacial score (nSPS) is 16.1. The van der Waals surface area contributed by atoms with Gasteiger partial charge in [-0.2, -0.15) is 0 Å². The number of carbonyl (C=O) groups excluding carboxylic acids is 5. The molecule has 2 aromatic carbocycles. The van der Waals surface area contributed by atoms with E-state index >= 15 is 0 Å². The van der Waals surface area contributed by atoms with Crippen LogP contribution < -0.4 is 22.2 Å². The second kappa shape index (κ2) is 17.7. The molecule has 2 saturated carbocycles. The topological polar surface area (TPSA) is 195 Å². The van der Waals surface area contributed by atoms with Crippen LogP contribution in [0, 0.1) is 0 Å². The number of fused-ring (bicyclic) bond motifs is 1. The molecule has 3 fully saturated rings. The number of Topliss-reactive ketones (excluding diaryl/α,β-unsaturated/α-hetero) is 1. The van der Waals surface area contributed by atoms with Gasteiger partial charge >= 0.3 is 23.3 Å². The molecule has 1 atom stereocenters. The van der Waals surface area contributed by atoms with Crippen molar-refractivity contribution in [3.8, 4) is 11.1 Å². The maximum atomic E-state index is 13.0. The molecule has 7 rings (SSSR count). The lowest BCUT2D eigenvalue weighted by atomic mass is 9.91. The van der Waals surface area contributed by atoms with Crippen LogP contribution in [0.1, 0.15) is 95.2 Å². The Kier molecular flexibility index (Phi) is 12.9. The summed E-state index contributed by atoms with van der Waals surface area (Å²) in [4.78, 5) is 98.4. The second-order valence-corrected chi connectivity index (χ2v) is 13.2. The van der Waals surface area contributed by atoms with Crippen molar-refractivity contribution in [3.05, 3.63) is 103 Å². The van der Waals surface area contributed by atoms with Crippen LogP contribution in [-0.4, -0.2) is 56.7 Å². The summed E-state index contributed by atoms with van der Waals surface area (Å²) >= 11 is 0. The van der Waals surface area contributed by atoms with Gasteiger partial charge in [-0.25, -0.2) is 14.4 Å². The molecule has 0 radical (unpaired) electrons. The Hall–Kier alpha value is -5.92. The molecule has 4 aromatic rings. The van der Waals surface area contributed by atoms with Gasteiger partial charge in [0.1, 0.15) is 17.7 Å². The van der Waals surface area contributed by atoms with E-state index < -0.39 is 35.1 Å². The van der Waals surface area contributed by atoms with Crippen LogP contribution in [0.25, 0.3) is 22.2 Å². The van der Waals surface area contributed by atoms with Crippen LogP contribution in [0.3, 0.4) is 0 Å². The molecular weight excluding hydrogens is 696 g/mol. The summed E-state index contributed by atoms with van der Waals surface area (Å²) < 4.78 is 11.5. The quantitative estimate of drug-likeness (QED) is 0.176. The highest BCUT2D eigenvalue weighted by molar-refractivity contribution is 6.14. The minimum atomic E-state index is -0.772. The third-order valence-electron chi connectivity index (χ3n) is 9.77. The van der Waals surface area contributed by atoms with Crippen molar-refractivity contribution < 1.29 is 33.1 Å². The second-order valence-electron chi connectivity index (χ2n) is 13.2. The number of ketones is 1. The van der Waals surface area contributed by atoms with Gasteiger partial charge < -0.3 is 9.15 Å². The molecule has 1 saturated heterocycles. The minimum absolute atomic E-state index is 0.0283. The zero-order chi connectivity index (χ0) is 38.9. The molecular formula is C40H44N4O10. The summed E-state index contributed by atoms with van der Waals surface area (Å²) in [5.74, 6) is -2.19. The Morgan fingerprint density at radius 3 is 1.98 bits per heavy atom. The number of hydrogen-bond donors (Lipinski definition) is 2. The van der Waals surface area contributed by atoms with Gasteiger partial charge in [0, 0.05) is 18.5 Å². The SMILES string of the molecule is CCOC(=O)C(C(=O)CC)c1ccccc1.CCc1c(-c2ccccc2)c(=O)oc2[nH]c(=O)n(C3CCC3)c(=O)c12.O=C1CC(=O)N(C2CCC2)C(=O)N1. The van der Waals surface area contributed by atoms with Gasteiger partial charge in [0.05, 0.1) is 12.2 Å². The average Bonchev–Trinajstić information content (AvgIpc) is 3.10. The number of benzene rings is 2. The standard InChI is InChI=1S/C19H18N2O4.C13H16O3.C8H10N2O3/c1-2-13-14(11-7-4-3-5-8-11)18(23)25-16-15(13)17(22)21(19(24)20-16)12-9-6-10-12;1-3-11(14)12(13(15)16-4-2)10-8-6-5-7-9-10;11-6-4-7(12)10(8(13)9-6)5-2-1-3-5/h3-5,7-8,12H,2,6,9-10H2,1H3,(H,20,24);5-9,12H,3-4H2,1-2H3;5H,1-4H2,(H,9,11,13). The van der Waals surface area contributed by atoms with Crippen molar-refractivity contribution in [2.75, 3.05) is 6.61 Å². The van der Waals surface area contributed by atoms with Crippen LogP contribution in [0.2, 0.25) is 0 Å². The number of aryl methyl sites for hydroxylation is 1. The fraction of sp³-hybridized carbons (Fsp3) is 0.400. The highest BCUT2D eigenvalue weighted by atomic mass is 16.5. The molecule has 0 bridgehead atoms. The number of H-pyrrole nitrogens is 1. The van der Waals surface area contributed by atoms with E-state index in [1.54, 1.807) is 26.0 Å². The highest BCUT2D eigenvalue weighted by Crippen LogP contribution is 2.30. The number of aromatic nitrogens is 2. The Labute approximate surface area is 310 Å². The van der Waals surface area contributed by atoms with Crippen LogP contribution >= 0.6 is 0 Å². The first-order valence-corrected chi connectivity index (χ1v) is 18.3. The zero-order valence-electron chi connectivity index (χ0n) is 30.6. The molecule has 4 amide bonds. The van der Waals surface area contributed by atoms with E-state index in [0.29, 0.717) is 47.1 Å². The fourth-order valence-electron chi connectivity index (χ4n) is 6.59. The van der Waals surface area contributed by atoms with E-state index in [1.807, 2.05) is 55.5 Å². The number of carbonyl (C=O) groups is 5. The number of hydrogen-bond acceptors (Lipinski definition) is 10. The van der Waals surface area contributed by atoms with Gasteiger partial charge in [0.15, 0.2) is 5.78 Å². The van der Waals surface area contributed by atoms with Gasteiger partial charge in [-0.1, -0.05) is 74.5 Å². The van der Waals surface area contributed by atoms with Crippen molar-refractivity contribution in [1.29, 1.82) is 0 Å². The minimum Gasteiger partial charge on any atom is -0.465 e. The monoisotopic (exact) mass is 740 g/mol. The van der Waals surface area contributed by atoms with Gasteiger partial charge in [0.2, 0.25) is 17.5 Å². The molecule has 1 aliphatic heterocycles. The highest BCUT2D eigenvalue weighted by Gasteiger charge is 2.38. The van der Waals surface area contributed by atoms with E-state index in [0.717, 1.165) is 38.5 Å². The fourth-order valence-corrected chi connectivity index (χ4v) is 6.59. The molecule has 284 valence electrons. The van der Waals surface area contributed by atoms with Crippen LogP contribution in [0.15, 0.2) is 79.5 Å². The van der Waals surface area contributed by atoms with Crippen molar-refractivity contribution in [3.63, 3.8) is 0 Å². The van der Waals surface area contributed by atoms with E-state index in [-0.39, 0.29) is 41.5 Å². The number of aromatic amines is 1. The lowest BCUT2D eigenvalue weighted by Crippen LogP contribution is -2.58. The summed E-state index contributed by atoms with van der Waals surface area (Å²) in [6, 6.07) is 17.6. The van der Waals surface area contributed by atoms with Crippen LogP contribution in [0.4, 0.5) is 4.79 Å². The molecule has 1 unspecified atom stereocenters. The lowest BCUT2D eigenvalue weighted by molar-refractivity contribution is -0.148. The average molecular weight is 741 g/mol. The van der Waals surface area contributed by atoms with Crippen molar-refractivity contribution in [2.45, 2.75) is 96.6 Å². The van der Waals surface area contributed by atoms with E-state index in [4.69, 9.17) is 9.15 Å². The Morgan fingerprint density at radius 2 is 1.46 bits per heavy atom. The third kappa shape index (κ3) is 8.48. The molecule has 3 heterocycles. The lowest BCUT2D eigenvalue weighted by Gasteiger charge is -2.37. The number of rotatable bonds is 9. The van der Waals surface area contributed by atoms with E-state index in [9.17, 15) is 38.4 Å². The molecule has 0 spiro atoms. The first kappa shape index (κ1) is 39.3. The number of nitrogens with one attached hydrogen (secondary N) is 2. The van der Waals surface area contributed by atoms with E-state index in [1.165, 1.54) is 9.47 Å². The van der Waals surface area contributed by atoms with E-state index in [2.05, 4.69) is 10.3 Å². The summed E-state index contributed by atoms with van der Waals surface area (Å²) in [5, 5.41) is 2.43. The van der Waals surface area contributed by atoms with Crippen molar-refractivity contribution in [2.24, 2.45) is 0 Å². The maximum Gasteiger partial charge on any atom is 0.345 e. The zero-order valence-corrected chi connectivity index (χ0v) is 30.6. The number of esters is 1. The van der Waals surface area contributed by atoms with Crippen LogP contribution in [-0.2, 0) is 30.3 Å². The van der Waals surface area contributed by atoms with Gasteiger partial charge in [0.25, 0.3) is 5.56 Å². The number of ether oxygens (including phenoxy) is 1. The predicted octanol–water partition coefficient (Wildman–Crippen LogP) is 4.92. The summed E-state index contributed by atoms with van der Waals surface area (Å²) in [5.41, 5.74) is 0.940. The Balaban J connectivity index is 0.000000167. The first-order chi connectivity index (χ1) is 26.0. The van der Waals surface area contributed by atoms with Crippen molar-refractivity contribution >= 4 is 40.7 Å². The molecule has 2 aliphatic carbocycles. The van der Waals surface area contributed by atoms with Crippen molar-refractivity contribution in [1.82, 2.24) is 19.8 Å². The number of urea groups is 1. The molecule has 2 aromatic heterocycles. The number of amides is 4. The molecule has 14 heteroatoms. The molecule has 14 nitrogen and oxygen atoms in total. The van der Waals surface area contributed by atoms with Gasteiger partial charge in [-0.05, 0) is 68.6 Å². The number of nitrogens with zero attached hydrogens (tertiary/aromatic N) is 2. The van der Waals surface area contributed by atoms with Crippen LogP contribution in [0.5, 0.6) is 0 Å². The smallest absolute Gasteiger partial charge is 0.345 e. The third-order valence-corrected chi connectivity index (χ3v) is 9.77. The summed E-state index contributed by atoms with van der Waals surface area (Å²) in [7, 11) is 0. The largest absolute Gasteiger partial charge is 0.465 e. The number of barbiturate groups is 1. The summed E-state index contributed by atoms with van der Waals surface area (Å²) in [6.07, 6.45) is 6.06. The number of imide groups is 2. The molecule has 2 N–H and O–H groups in total. The van der Waals surface area contributed by atoms with Gasteiger partial charge in [-0.15, -0.1) is 0 Å². The Morgan fingerprint density at radius 1 is 0.852 bits per heavy atom. The summed E-state index contributed by atoms with van der Waals surface area (Å²) in [6.45, 7) is 5.66. The first-order valence-electron chi connectivity index (χ1n) is 18.3. The van der Waals surface area contributed by atoms with Gasteiger partial charge in [-0.3, -0.25) is 43.7 Å². The molecule has 54 heavy (non-hydrogen) atoms. The predicted molar refractivity (Wildman–Crippen MR) is 199 cm³/mol. The maximum absolute atomic E-state index is 13.0.